The van der Waals surface area contributed by atoms with Crippen molar-refractivity contribution < 1.29 is 5.11 Å². The summed E-state index contributed by atoms with van der Waals surface area (Å²) in [6.07, 6.45) is 1.77. The number of rotatable bonds is 4. The van der Waals surface area contributed by atoms with Gasteiger partial charge in [-0.2, -0.15) is 5.10 Å². The second kappa shape index (κ2) is 4.67. The van der Waals surface area contributed by atoms with Crippen LogP contribution < -0.4 is 0 Å². The highest BCUT2D eigenvalue weighted by atomic mass is 16.3. The lowest BCUT2D eigenvalue weighted by atomic mass is 10.2. The molecule has 0 aliphatic carbocycles. The first-order valence-corrected chi connectivity index (χ1v) is 5.70. The predicted molar refractivity (Wildman–Crippen MR) is 62.3 cm³/mol. The van der Waals surface area contributed by atoms with Crippen LogP contribution >= 0.6 is 0 Å². The maximum Gasteiger partial charge on any atom is 0.141 e. The lowest BCUT2D eigenvalue weighted by Gasteiger charge is -2.09. The molecule has 17 heavy (non-hydrogen) atoms. The number of aliphatic hydroxyl groups is 1. The molecular formula is C11H17N5O. The molecule has 2 aromatic heterocycles. The molecule has 0 fully saturated rings. The van der Waals surface area contributed by atoms with Crippen molar-refractivity contribution in [1.29, 1.82) is 0 Å². The Morgan fingerprint density at radius 2 is 2.24 bits per heavy atom. The minimum atomic E-state index is -0.767. The molecule has 0 radical (unpaired) electrons. The summed E-state index contributed by atoms with van der Waals surface area (Å²) in [5.41, 5.74) is 2.32. The third-order valence-corrected chi connectivity index (χ3v) is 2.78. The lowest BCUT2D eigenvalue weighted by Crippen LogP contribution is -2.10. The van der Waals surface area contributed by atoms with E-state index in [1.54, 1.807) is 15.6 Å². The van der Waals surface area contributed by atoms with Crippen LogP contribution in [0.5, 0.6) is 0 Å². The fourth-order valence-electron chi connectivity index (χ4n) is 1.74. The predicted octanol–water partition coefficient (Wildman–Crippen LogP) is 0.812. The largest absolute Gasteiger partial charge is 0.380 e. The Balaban J connectivity index is 2.29. The maximum absolute atomic E-state index is 10.2. The van der Waals surface area contributed by atoms with Gasteiger partial charge in [0.1, 0.15) is 6.10 Å². The number of hydrogen-bond donors (Lipinski definition) is 1. The van der Waals surface area contributed by atoms with Crippen LogP contribution in [-0.4, -0.2) is 29.9 Å². The van der Waals surface area contributed by atoms with E-state index in [1.165, 1.54) is 0 Å². The van der Waals surface area contributed by atoms with Crippen molar-refractivity contribution >= 4 is 0 Å². The van der Waals surface area contributed by atoms with Crippen molar-refractivity contribution in [3.8, 4) is 0 Å². The van der Waals surface area contributed by atoms with Gasteiger partial charge < -0.3 is 5.11 Å². The third kappa shape index (κ3) is 2.21. The molecule has 1 unspecified atom stereocenters. The van der Waals surface area contributed by atoms with Crippen molar-refractivity contribution in [3.05, 3.63) is 29.3 Å². The SMILES string of the molecule is CCCn1nncc1C(O)c1cc(C)n(C)n1. The van der Waals surface area contributed by atoms with E-state index in [4.69, 9.17) is 0 Å². The smallest absolute Gasteiger partial charge is 0.141 e. The minimum Gasteiger partial charge on any atom is -0.380 e. The van der Waals surface area contributed by atoms with Crippen LogP contribution in [0.15, 0.2) is 12.3 Å². The first kappa shape index (κ1) is 11.8. The molecule has 0 saturated carbocycles. The van der Waals surface area contributed by atoms with Gasteiger partial charge in [-0.05, 0) is 19.4 Å². The van der Waals surface area contributed by atoms with Crippen LogP contribution in [0.4, 0.5) is 0 Å². The first-order valence-electron chi connectivity index (χ1n) is 5.70. The second-order valence-electron chi connectivity index (χ2n) is 4.12. The fraction of sp³-hybridized carbons (Fsp3) is 0.545. The number of aryl methyl sites for hydroxylation is 3. The second-order valence-corrected chi connectivity index (χ2v) is 4.12. The Bertz CT molecular complexity index is 482. The molecule has 92 valence electrons. The molecule has 0 saturated heterocycles. The van der Waals surface area contributed by atoms with Gasteiger partial charge in [-0.1, -0.05) is 12.1 Å². The zero-order valence-corrected chi connectivity index (χ0v) is 10.3. The molecule has 0 amide bonds. The van der Waals surface area contributed by atoms with E-state index in [-0.39, 0.29) is 0 Å². The fourth-order valence-corrected chi connectivity index (χ4v) is 1.74. The average molecular weight is 235 g/mol. The van der Waals surface area contributed by atoms with Crippen molar-refractivity contribution in [2.75, 3.05) is 0 Å². The molecule has 2 aromatic rings. The van der Waals surface area contributed by atoms with Crippen molar-refractivity contribution in [3.63, 3.8) is 0 Å². The van der Waals surface area contributed by atoms with Gasteiger partial charge in [0.25, 0.3) is 0 Å². The van der Waals surface area contributed by atoms with Gasteiger partial charge in [-0.25, -0.2) is 4.68 Å². The Morgan fingerprint density at radius 3 is 2.82 bits per heavy atom. The molecule has 6 heteroatoms. The summed E-state index contributed by atoms with van der Waals surface area (Å²) in [7, 11) is 1.85. The summed E-state index contributed by atoms with van der Waals surface area (Å²) >= 11 is 0. The van der Waals surface area contributed by atoms with Crippen LogP contribution in [0.25, 0.3) is 0 Å². The van der Waals surface area contributed by atoms with Crippen molar-refractivity contribution in [2.45, 2.75) is 32.9 Å². The zero-order chi connectivity index (χ0) is 12.4. The van der Waals surface area contributed by atoms with Crippen molar-refractivity contribution in [1.82, 2.24) is 24.8 Å². The highest BCUT2D eigenvalue weighted by Gasteiger charge is 2.19. The molecule has 2 heterocycles. The summed E-state index contributed by atoms with van der Waals surface area (Å²) < 4.78 is 3.46. The van der Waals surface area contributed by atoms with Gasteiger partial charge in [0.15, 0.2) is 0 Å². The molecule has 0 aliphatic heterocycles. The van der Waals surface area contributed by atoms with E-state index in [1.807, 2.05) is 20.0 Å². The summed E-state index contributed by atoms with van der Waals surface area (Å²) in [6.45, 7) is 4.76. The van der Waals surface area contributed by atoms with E-state index >= 15 is 0 Å². The molecule has 1 N–H and O–H groups in total. The molecular weight excluding hydrogens is 218 g/mol. The van der Waals surface area contributed by atoms with Gasteiger partial charge in [0.2, 0.25) is 0 Å². The van der Waals surface area contributed by atoms with E-state index in [0.29, 0.717) is 11.4 Å². The first-order chi connectivity index (χ1) is 8.13. The van der Waals surface area contributed by atoms with Crippen LogP contribution in [0.3, 0.4) is 0 Å². The summed E-state index contributed by atoms with van der Waals surface area (Å²) in [5, 5.41) is 22.3. The molecule has 0 bridgehead atoms. The number of hydrogen-bond acceptors (Lipinski definition) is 4. The Kier molecular flexibility index (Phi) is 3.23. The normalized spacial score (nSPS) is 12.9. The van der Waals surface area contributed by atoms with E-state index in [9.17, 15) is 5.11 Å². The third-order valence-electron chi connectivity index (χ3n) is 2.78. The Morgan fingerprint density at radius 1 is 1.47 bits per heavy atom. The molecule has 2 rings (SSSR count). The monoisotopic (exact) mass is 235 g/mol. The van der Waals surface area contributed by atoms with E-state index < -0.39 is 6.10 Å². The quantitative estimate of drug-likeness (QED) is 0.851. The summed E-state index contributed by atoms with van der Waals surface area (Å²) in [5.74, 6) is 0. The van der Waals surface area contributed by atoms with Crippen LogP contribution in [0, 0.1) is 6.92 Å². The number of nitrogens with zero attached hydrogens (tertiary/aromatic N) is 5. The highest BCUT2D eigenvalue weighted by Crippen LogP contribution is 2.20. The Hall–Kier alpha value is -1.69. The van der Waals surface area contributed by atoms with Crippen LogP contribution in [0.1, 0.15) is 36.5 Å². The minimum absolute atomic E-state index is 0.629. The average Bonchev–Trinajstić information content (AvgIpc) is 2.87. The zero-order valence-electron chi connectivity index (χ0n) is 10.3. The summed E-state index contributed by atoms with van der Waals surface area (Å²) in [4.78, 5) is 0. The Labute approximate surface area is 99.9 Å². The lowest BCUT2D eigenvalue weighted by molar-refractivity contribution is 0.201. The maximum atomic E-state index is 10.2. The number of aromatic nitrogens is 5. The van der Waals surface area contributed by atoms with Crippen LogP contribution in [-0.2, 0) is 13.6 Å². The van der Waals surface area contributed by atoms with E-state index in [0.717, 1.165) is 18.7 Å². The van der Waals surface area contributed by atoms with Gasteiger partial charge in [0, 0.05) is 19.3 Å². The van der Waals surface area contributed by atoms with E-state index in [2.05, 4.69) is 22.3 Å². The van der Waals surface area contributed by atoms with Crippen molar-refractivity contribution in [2.24, 2.45) is 7.05 Å². The summed E-state index contributed by atoms with van der Waals surface area (Å²) in [6, 6.07) is 1.87. The van der Waals surface area contributed by atoms with Crippen LogP contribution in [0.2, 0.25) is 0 Å². The topological polar surface area (TPSA) is 68.8 Å². The highest BCUT2D eigenvalue weighted by molar-refractivity contribution is 5.19. The molecule has 1 atom stereocenters. The van der Waals surface area contributed by atoms with Gasteiger partial charge in [-0.3, -0.25) is 4.68 Å². The standard InChI is InChI=1S/C11H17N5O/c1-4-5-16-10(7-12-14-16)11(17)9-6-8(2)15(3)13-9/h6-7,11,17H,4-5H2,1-3H3. The van der Waals surface area contributed by atoms with Gasteiger partial charge in [0.05, 0.1) is 17.6 Å². The molecule has 0 spiro atoms. The molecule has 6 nitrogen and oxygen atoms in total. The van der Waals surface area contributed by atoms with Gasteiger partial charge in [-0.15, -0.1) is 5.10 Å². The molecule has 0 aromatic carbocycles. The van der Waals surface area contributed by atoms with Gasteiger partial charge >= 0.3 is 0 Å². The molecule has 0 aliphatic rings. The number of aliphatic hydroxyl groups excluding tert-OH is 1.